The highest BCUT2D eigenvalue weighted by Crippen LogP contribution is 2.34. The van der Waals surface area contributed by atoms with Crippen molar-refractivity contribution in [3.8, 4) is 11.5 Å². The molecule has 0 unspecified atom stereocenters. The molecule has 1 aromatic heterocycles. The van der Waals surface area contributed by atoms with Gasteiger partial charge in [0.2, 0.25) is 0 Å². The largest absolute Gasteiger partial charge is 0.545 e. The highest BCUT2D eigenvalue weighted by molar-refractivity contribution is 5.87. The van der Waals surface area contributed by atoms with Gasteiger partial charge in [-0.05, 0) is 35.9 Å². The number of carboxylic acid groups (broad SMARTS) is 1. The predicted molar refractivity (Wildman–Crippen MR) is 95.1 cm³/mol. The van der Waals surface area contributed by atoms with E-state index in [1.165, 1.54) is 43.4 Å². The molecule has 0 saturated carbocycles. The summed E-state index contributed by atoms with van der Waals surface area (Å²) in [6, 6.07) is 9.63. The summed E-state index contributed by atoms with van der Waals surface area (Å²) in [5.41, 5.74) is -1.56. The van der Waals surface area contributed by atoms with Crippen LogP contribution in [0.2, 0.25) is 0 Å². The maximum Gasteiger partial charge on any atom is 0.416 e. The van der Waals surface area contributed by atoms with Crippen LogP contribution in [0.3, 0.4) is 0 Å². The van der Waals surface area contributed by atoms with Gasteiger partial charge >= 0.3 is 6.18 Å². The molecule has 29 heavy (non-hydrogen) atoms. The first-order valence-electron chi connectivity index (χ1n) is 8.15. The van der Waals surface area contributed by atoms with Gasteiger partial charge in [0.15, 0.2) is 11.4 Å². The van der Waals surface area contributed by atoms with Gasteiger partial charge in [0.05, 0.1) is 17.7 Å². The maximum atomic E-state index is 12.9. The van der Waals surface area contributed by atoms with Gasteiger partial charge in [-0.1, -0.05) is 18.2 Å². The van der Waals surface area contributed by atoms with Gasteiger partial charge in [-0.3, -0.25) is 4.79 Å². The Morgan fingerprint density at radius 3 is 2.59 bits per heavy atom. The fraction of sp³-hybridized carbons (Fsp3) is 0.105. The first-order chi connectivity index (χ1) is 13.6. The predicted octanol–water partition coefficient (Wildman–Crippen LogP) is 2.70. The number of alkyl halides is 3. The van der Waals surface area contributed by atoms with Crippen LogP contribution in [0.5, 0.6) is 11.5 Å². The number of aromatic nitrogens is 2. The van der Waals surface area contributed by atoms with Crippen molar-refractivity contribution in [2.24, 2.45) is 7.05 Å². The van der Waals surface area contributed by atoms with E-state index in [1.54, 1.807) is 0 Å². The third-order valence-electron chi connectivity index (χ3n) is 3.86. The summed E-state index contributed by atoms with van der Waals surface area (Å²) in [6.07, 6.45) is -3.40. The van der Waals surface area contributed by atoms with E-state index in [0.717, 1.165) is 23.0 Å². The first-order valence-corrected chi connectivity index (χ1v) is 8.15. The van der Waals surface area contributed by atoms with Gasteiger partial charge in [0.25, 0.3) is 5.56 Å². The van der Waals surface area contributed by atoms with Gasteiger partial charge in [-0.15, -0.1) is 0 Å². The minimum Gasteiger partial charge on any atom is -0.545 e. The van der Waals surface area contributed by atoms with E-state index >= 15 is 0 Å². The summed E-state index contributed by atoms with van der Waals surface area (Å²) in [4.78, 5) is 23.5. The molecule has 0 atom stereocenters. The van der Waals surface area contributed by atoms with Crippen molar-refractivity contribution in [3.05, 3.63) is 76.2 Å². The molecule has 0 saturated heterocycles. The lowest BCUT2D eigenvalue weighted by molar-refractivity contribution is -0.255. The van der Waals surface area contributed by atoms with E-state index < -0.39 is 23.3 Å². The van der Waals surface area contributed by atoms with Gasteiger partial charge in [0.1, 0.15) is 5.75 Å². The van der Waals surface area contributed by atoms with E-state index in [9.17, 15) is 27.9 Å². The Kier molecular flexibility index (Phi) is 5.26. The zero-order valence-corrected chi connectivity index (χ0v) is 14.9. The molecule has 7 nitrogen and oxygen atoms in total. The van der Waals surface area contributed by atoms with Gasteiger partial charge in [0, 0.05) is 12.7 Å². The Bertz CT molecular complexity index is 1130. The number of nitrogens with one attached hydrogen (secondary N) is 1. The Morgan fingerprint density at radius 2 is 1.90 bits per heavy atom. The third kappa shape index (κ3) is 4.54. The van der Waals surface area contributed by atoms with Crippen molar-refractivity contribution in [1.82, 2.24) is 9.78 Å². The lowest BCUT2D eigenvalue weighted by Crippen LogP contribution is -2.23. The molecule has 150 valence electrons. The number of halogens is 3. The quantitative estimate of drug-likeness (QED) is 0.703. The van der Waals surface area contributed by atoms with E-state index in [-0.39, 0.29) is 28.4 Å². The first kappa shape index (κ1) is 19.9. The molecule has 0 spiro atoms. The van der Waals surface area contributed by atoms with Crippen LogP contribution in [0, 0.1) is 0 Å². The molecule has 0 aliphatic rings. The van der Waals surface area contributed by atoms with Crippen molar-refractivity contribution in [2.45, 2.75) is 6.18 Å². The third-order valence-corrected chi connectivity index (χ3v) is 3.86. The lowest BCUT2D eigenvalue weighted by atomic mass is 10.2. The fourth-order valence-corrected chi connectivity index (χ4v) is 2.45. The lowest BCUT2D eigenvalue weighted by Gasteiger charge is -2.15. The molecule has 0 aliphatic carbocycles. The molecular formula is C19H13F3N3O4-. The van der Waals surface area contributed by atoms with Crippen LogP contribution >= 0.6 is 0 Å². The van der Waals surface area contributed by atoms with Gasteiger partial charge in [-0.25, -0.2) is 4.68 Å². The molecule has 3 aromatic rings. The summed E-state index contributed by atoms with van der Waals surface area (Å²) in [5.74, 6) is -1.69. The Morgan fingerprint density at radius 1 is 1.17 bits per heavy atom. The van der Waals surface area contributed by atoms with E-state index in [2.05, 4.69) is 10.4 Å². The summed E-state index contributed by atoms with van der Waals surface area (Å²) < 4.78 is 45.2. The zero-order valence-electron chi connectivity index (χ0n) is 14.9. The number of carbonyl (C=O) groups excluding carboxylic acids is 1. The molecule has 0 bridgehead atoms. The molecule has 10 heteroatoms. The van der Waals surface area contributed by atoms with E-state index in [4.69, 9.17) is 4.74 Å². The number of nitrogens with zero attached hydrogens (tertiary/aromatic N) is 2. The average molecular weight is 404 g/mol. The van der Waals surface area contributed by atoms with Gasteiger partial charge < -0.3 is 20.0 Å². The highest BCUT2D eigenvalue weighted by atomic mass is 19.4. The van der Waals surface area contributed by atoms with Crippen LogP contribution in [0.1, 0.15) is 15.9 Å². The number of hydrogen-bond acceptors (Lipinski definition) is 6. The highest BCUT2D eigenvalue weighted by Gasteiger charge is 2.30. The van der Waals surface area contributed by atoms with E-state index in [1.807, 2.05) is 0 Å². The Balaban J connectivity index is 1.99. The topological polar surface area (TPSA) is 96.3 Å². The molecule has 3 rings (SSSR count). The summed E-state index contributed by atoms with van der Waals surface area (Å²) in [6.45, 7) is 0. The van der Waals surface area contributed by atoms with Gasteiger partial charge in [-0.2, -0.15) is 18.3 Å². The molecule has 0 fully saturated rings. The number of ether oxygens (including phenoxy) is 1. The number of aromatic carboxylic acids is 1. The second-order valence-electron chi connectivity index (χ2n) is 5.93. The SMILES string of the molecule is Cn1ncc(Oc2cccc(C(F)(F)F)c2)c(Nc2cccc(C(=O)[O-])c2)c1=O. The number of rotatable bonds is 5. The van der Waals surface area contributed by atoms with Crippen LogP contribution in [-0.4, -0.2) is 15.7 Å². The van der Waals surface area contributed by atoms with Crippen molar-refractivity contribution in [3.63, 3.8) is 0 Å². The minimum atomic E-state index is -4.56. The normalized spacial score (nSPS) is 11.2. The number of benzene rings is 2. The molecule has 2 aromatic carbocycles. The standard InChI is InChI=1S/C19H14F3N3O4/c1-25-17(26)16(24-13-6-2-4-11(8-13)18(27)28)15(10-23-25)29-14-7-3-5-12(9-14)19(20,21)22/h2-10,24H,1H3,(H,27,28)/p-1. The number of carboxylic acids is 1. The molecule has 0 radical (unpaired) electrons. The summed E-state index contributed by atoms with van der Waals surface area (Å²) >= 11 is 0. The van der Waals surface area contributed by atoms with Crippen LogP contribution in [0.15, 0.2) is 59.5 Å². The monoisotopic (exact) mass is 404 g/mol. The number of anilines is 2. The molecule has 1 N–H and O–H groups in total. The van der Waals surface area contributed by atoms with Crippen molar-refractivity contribution >= 4 is 17.3 Å². The minimum absolute atomic E-state index is 0.124. The zero-order chi connectivity index (χ0) is 21.2. The van der Waals surface area contributed by atoms with Crippen LogP contribution in [0.4, 0.5) is 24.5 Å². The van der Waals surface area contributed by atoms with Crippen molar-refractivity contribution in [2.75, 3.05) is 5.32 Å². The van der Waals surface area contributed by atoms with Crippen molar-refractivity contribution < 1.29 is 27.8 Å². The molecule has 0 amide bonds. The van der Waals surface area contributed by atoms with Crippen LogP contribution in [0.25, 0.3) is 0 Å². The number of carbonyl (C=O) groups is 1. The maximum absolute atomic E-state index is 12.9. The fourth-order valence-electron chi connectivity index (χ4n) is 2.45. The average Bonchev–Trinajstić information content (AvgIpc) is 2.67. The smallest absolute Gasteiger partial charge is 0.416 e. The number of hydrogen-bond donors (Lipinski definition) is 1. The molecular weight excluding hydrogens is 391 g/mol. The second kappa shape index (κ2) is 7.66. The van der Waals surface area contributed by atoms with Crippen LogP contribution in [-0.2, 0) is 13.2 Å². The summed E-state index contributed by atoms with van der Waals surface area (Å²) in [7, 11) is 1.37. The molecule has 0 aliphatic heterocycles. The second-order valence-corrected chi connectivity index (χ2v) is 5.93. The summed E-state index contributed by atoms with van der Waals surface area (Å²) in [5, 5.41) is 17.6. The molecule has 1 heterocycles. The Labute approximate surface area is 162 Å². The van der Waals surface area contributed by atoms with Crippen LogP contribution < -0.4 is 20.7 Å². The number of aryl methyl sites for hydroxylation is 1. The Hall–Kier alpha value is -3.82. The van der Waals surface area contributed by atoms with E-state index in [0.29, 0.717) is 0 Å². The van der Waals surface area contributed by atoms with Crippen molar-refractivity contribution in [1.29, 1.82) is 0 Å².